The predicted octanol–water partition coefficient (Wildman–Crippen LogP) is 8.77. The van der Waals surface area contributed by atoms with Crippen molar-refractivity contribution in [2.45, 2.75) is 118 Å². The molecule has 8 heteroatoms. The van der Waals surface area contributed by atoms with Crippen LogP contribution in [0.2, 0.25) is 5.02 Å². The monoisotopic (exact) mass is 613 g/mol. The summed E-state index contributed by atoms with van der Waals surface area (Å²) in [6, 6.07) is 11.3. The molecule has 0 aliphatic carbocycles. The van der Waals surface area contributed by atoms with E-state index in [1.807, 2.05) is 64.1 Å². The summed E-state index contributed by atoms with van der Waals surface area (Å²) in [6.45, 7) is 15.7. The second kappa shape index (κ2) is 17.3. The molecule has 2 rings (SSSR count). The molecule has 0 bridgehead atoms. The summed E-state index contributed by atoms with van der Waals surface area (Å²) in [5, 5.41) is 6.28. The molecule has 43 heavy (non-hydrogen) atoms. The Kier molecular flexibility index (Phi) is 14.5. The average Bonchev–Trinajstić information content (AvgIpc) is 2.90. The zero-order valence-electron chi connectivity index (χ0n) is 27.4. The van der Waals surface area contributed by atoms with Crippen molar-refractivity contribution in [1.29, 1.82) is 0 Å². The van der Waals surface area contributed by atoms with Crippen molar-refractivity contribution in [3.05, 3.63) is 64.2 Å². The summed E-state index contributed by atoms with van der Waals surface area (Å²) in [5.41, 5.74) is 2.24. The van der Waals surface area contributed by atoms with Gasteiger partial charge in [0.25, 0.3) is 5.91 Å². The number of nitrogens with zero attached hydrogens (tertiary/aromatic N) is 1. The van der Waals surface area contributed by atoms with E-state index in [9.17, 15) is 14.4 Å². The fraction of sp³-hybridized carbons (Fsp3) is 0.571. The van der Waals surface area contributed by atoms with Gasteiger partial charge < -0.3 is 20.3 Å². The lowest BCUT2D eigenvalue weighted by Crippen LogP contribution is -2.53. The molecule has 0 aromatic heterocycles. The summed E-state index contributed by atoms with van der Waals surface area (Å²) in [4.78, 5) is 43.3. The number of hydrogen-bond donors (Lipinski definition) is 2. The van der Waals surface area contributed by atoms with Crippen LogP contribution >= 0.6 is 11.6 Å². The van der Waals surface area contributed by atoms with Gasteiger partial charge in [-0.2, -0.15) is 0 Å². The van der Waals surface area contributed by atoms with Crippen LogP contribution in [-0.4, -0.2) is 41.0 Å². The van der Waals surface area contributed by atoms with Crippen LogP contribution in [0.5, 0.6) is 0 Å². The summed E-state index contributed by atoms with van der Waals surface area (Å²) >= 11 is 6.50. The molecule has 0 saturated heterocycles. The Morgan fingerprint density at radius 2 is 1.53 bits per heavy atom. The highest BCUT2D eigenvalue weighted by atomic mass is 35.5. The SMILES string of the molecule is CCCCCCCCN(C(=O)C(CC(C)C)NC(=O)OC(C)(C)C)C(C(=O)Nc1c(C)cccc1Cl)c1ccccc1C. The molecule has 0 radical (unpaired) electrons. The maximum Gasteiger partial charge on any atom is 0.408 e. The number of carbonyl (C=O) groups excluding carboxylic acids is 3. The van der Waals surface area contributed by atoms with Crippen LogP contribution in [0.1, 0.15) is 109 Å². The van der Waals surface area contributed by atoms with Gasteiger partial charge in [0.15, 0.2) is 0 Å². The first-order chi connectivity index (χ1) is 20.2. The Morgan fingerprint density at radius 3 is 2.14 bits per heavy atom. The van der Waals surface area contributed by atoms with Crippen molar-refractivity contribution in [3.8, 4) is 0 Å². The minimum atomic E-state index is -0.935. The number of amides is 3. The van der Waals surface area contributed by atoms with Gasteiger partial charge in [-0.05, 0) is 76.1 Å². The summed E-state index contributed by atoms with van der Waals surface area (Å²) in [5.74, 6) is -0.561. The van der Waals surface area contributed by atoms with Crippen LogP contribution in [0.25, 0.3) is 0 Å². The number of nitrogens with one attached hydrogen (secondary N) is 2. The molecule has 2 aromatic carbocycles. The van der Waals surface area contributed by atoms with Crippen molar-refractivity contribution in [2.24, 2.45) is 5.92 Å². The third kappa shape index (κ3) is 11.9. The molecular weight excluding hydrogens is 562 g/mol. The normalized spacial score (nSPS) is 12.9. The van der Waals surface area contributed by atoms with Crippen LogP contribution < -0.4 is 10.6 Å². The topological polar surface area (TPSA) is 87.7 Å². The van der Waals surface area contributed by atoms with Gasteiger partial charge in [-0.1, -0.05) is 101 Å². The second-order valence-corrected chi connectivity index (χ2v) is 13.2. The van der Waals surface area contributed by atoms with E-state index in [4.69, 9.17) is 16.3 Å². The van der Waals surface area contributed by atoms with E-state index in [0.29, 0.717) is 23.7 Å². The molecule has 2 N–H and O–H groups in total. The van der Waals surface area contributed by atoms with E-state index in [1.165, 1.54) is 6.42 Å². The quantitative estimate of drug-likeness (QED) is 0.197. The number of rotatable bonds is 15. The maximum atomic E-state index is 14.5. The third-order valence-corrected chi connectivity index (χ3v) is 7.56. The van der Waals surface area contributed by atoms with Gasteiger partial charge in [0.05, 0.1) is 10.7 Å². The molecule has 2 aromatic rings. The maximum absolute atomic E-state index is 14.5. The molecule has 0 heterocycles. The van der Waals surface area contributed by atoms with E-state index in [0.717, 1.165) is 48.8 Å². The Labute approximate surface area is 264 Å². The number of alkyl carbamates (subject to hydrolysis) is 1. The van der Waals surface area contributed by atoms with E-state index < -0.39 is 23.8 Å². The Morgan fingerprint density at radius 1 is 0.907 bits per heavy atom. The fourth-order valence-electron chi connectivity index (χ4n) is 5.10. The largest absolute Gasteiger partial charge is 0.444 e. The van der Waals surface area contributed by atoms with Crippen LogP contribution in [0, 0.1) is 19.8 Å². The standard InChI is InChI=1S/C35H52ClN3O4/c1-9-10-11-12-13-16-22-39(33(41)29(23-24(2)3)37-34(42)43-35(6,7)8)31(27-20-15-14-18-25(27)4)32(40)38-30-26(5)19-17-21-28(30)36/h14-15,17-21,24,29,31H,9-13,16,22-23H2,1-8H3,(H,37,42)(H,38,40). The van der Waals surface area contributed by atoms with Crippen molar-refractivity contribution >= 4 is 35.2 Å². The lowest BCUT2D eigenvalue weighted by molar-refractivity contribution is -0.141. The fourth-order valence-corrected chi connectivity index (χ4v) is 5.37. The second-order valence-electron chi connectivity index (χ2n) is 12.8. The highest BCUT2D eigenvalue weighted by molar-refractivity contribution is 6.34. The van der Waals surface area contributed by atoms with Crippen molar-refractivity contribution in [3.63, 3.8) is 0 Å². The van der Waals surface area contributed by atoms with Crippen molar-refractivity contribution in [1.82, 2.24) is 10.2 Å². The average molecular weight is 614 g/mol. The summed E-state index contributed by atoms with van der Waals surface area (Å²) in [7, 11) is 0. The number of unbranched alkanes of at least 4 members (excludes halogenated alkanes) is 5. The molecule has 0 saturated carbocycles. The Bertz CT molecular complexity index is 1190. The lowest BCUT2D eigenvalue weighted by Gasteiger charge is -2.35. The zero-order valence-corrected chi connectivity index (χ0v) is 28.1. The van der Waals surface area contributed by atoms with Crippen molar-refractivity contribution in [2.75, 3.05) is 11.9 Å². The number of ether oxygens (including phenoxy) is 1. The molecule has 0 aliphatic rings. The molecule has 0 aliphatic heterocycles. The van der Waals surface area contributed by atoms with Gasteiger partial charge in [0.2, 0.25) is 5.91 Å². The predicted molar refractivity (Wildman–Crippen MR) is 176 cm³/mol. The summed E-state index contributed by atoms with van der Waals surface area (Å²) in [6.07, 6.45) is 5.92. The lowest BCUT2D eigenvalue weighted by atomic mass is 9.96. The molecule has 0 fully saturated rings. The minimum Gasteiger partial charge on any atom is -0.444 e. The molecule has 238 valence electrons. The first-order valence-corrected chi connectivity index (χ1v) is 16.0. The molecule has 2 unspecified atom stereocenters. The van der Waals surface area contributed by atoms with Crippen LogP contribution in [0.4, 0.5) is 10.5 Å². The molecule has 0 spiro atoms. The number of aryl methyl sites for hydroxylation is 2. The number of hydrogen-bond acceptors (Lipinski definition) is 4. The van der Waals surface area contributed by atoms with Gasteiger partial charge in [-0.25, -0.2) is 4.79 Å². The van der Waals surface area contributed by atoms with E-state index in [2.05, 4.69) is 17.6 Å². The van der Waals surface area contributed by atoms with Gasteiger partial charge in [0, 0.05) is 6.54 Å². The smallest absolute Gasteiger partial charge is 0.408 e. The molecular formula is C35H52ClN3O4. The van der Waals surface area contributed by atoms with Crippen molar-refractivity contribution < 1.29 is 19.1 Å². The number of halogens is 1. The first kappa shape index (κ1) is 36.1. The highest BCUT2D eigenvalue weighted by Crippen LogP contribution is 2.31. The first-order valence-electron chi connectivity index (χ1n) is 15.7. The number of anilines is 1. The number of carbonyl (C=O) groups is 3. The number of para-hydroxylation sites is 1. The third-order valence-electron chi connectivity index (χ3n) is 7.25. The van der Waals surface area contributed by atoms with Gasteiger partial charge >= 0.3 is 6.09 Å². The zero-order chi connectivity index (χ0) is 32.2. The Hall–Kier alpha value is -3.06. The van der Waals surface area contributed by atoms with Crippen LogP contribution in [0.3, 0.4) is 0 Å². The van der Waals surface area contributed by atoms with E-state index in [1.54, 1.807) is 31.7 Å². The van der Waals surface area contributed by atoms with Gasteiger partial charge in [0.1, 0.15) is 17.7 Å². The molecule has 3 amide bonds. The Balaban J connectivity index is 2.57. The van der Waals surface area contributed by atoms with Gasteiger partial charge in [-0.3, -0.25) is 9.59 Å². The minimum absolute atomic E-state index is 0.108. The van der Waals surface area contributed by atoms with E-state index in [-0.39, 0.29) is 17.7 Å². The highest BCUT2D eigenvalue weighted by Gasteiger charge is 2.37. The van der Waals surface area contributed by atoms with Crippen LogP contribution in [-0.2, 0) is 14.3 Å². The van der Waals surface area contributed by atoms with E-state index >= 15 is 0 Å². The van der Waals surface area contributed by atoms with Gasteiger partial charge in [-0.15, -0.1) is 0 Å². The summed E-state index contributed by atoms with van der Waals surface area (Å²) < 4.78 is 5.52. The number of benzene rings is 2. The van der Waals surface area contributed by atoms with Crippen LogP contribution in [0.15, 0.2) is 42.5 Å². The molecule has 7 nitrogen and oxygen atoms in total. The molecule has 2 atom stereocenters.